The fourth-order valence-electron chi connectivity index (χ4n) is 4.25. The molecule has 1 fully saturated rings. The lowest BCUT2D eigenvalue weighted by Crippen LogP contribution is -2.49. The molecule has 38 heavy (non-hydrogen) atoms. The van der Waals surface area contributed by atoms with Crippen LogP contribution >= 0.6 is 11.6 Å². The van der Waals surface area contributed by atoms with E-state index in [0.29, 0.717) is 31.3 Å². The Balaban J connectivity index is 1.41. The maximum absolute atomic E-state index is 13.1. The zero-order valence-electron chi connectivity index (χ0n) is 20.8. The number of ether oxygens (including phenoxy) is 3. The van der Waals surface area contributed by atoms with Crippen molar-refractivity contribution in [1.29, 1.82) is 0 Å². The lowest BCUT2D eigenvalue weighted by molar-refractivity contribution is -0.0498. The third-order valence-corrected chi connectivity index (χ3v) is 8.40. The molecule has 0 aliphatic carbocycles. The number of benzene rings is 3. The van der Waals surface area contributed by atoms with Crippen LogP contribution in [0.2, 0.25) is 5.02 Å². The number of sulfonamides is 1. The first kappa shape index (κ1) is 28.3. The van der Waals surface area contributed by atoms with E-state index in [1.165, 1.54) is 28.6 Å². The number of hydrogen-bond donors (Lipinski definition) is 0. The van der Waals surface area contributed by atoms with Crippen LogP contribution < -0.4 is 9.47 Å². The standard InChI is InChI=1S/C27H29ClF2N2O5S/c1-35-24-7-3-5-21(17-24)26(36-19-20-4-2-6-22(28)16-20)18-31-12-14-32(15-13-31)38(33,34)25-10-8-23(9-11-25)37-27(29)30/h2-11,16-17,26-27H,12-15,18-19H2,1H3/t26-/m0/s1. The summed E-state index contributed by atoms with van der Waals surface area (Å²) in [5.41, 5.74) is 1.90. The summed E-state index contributed by atoms with van der Waals surface area (Å²) in [6, 6.07) is 20.2. The van der Waals surface area contributed by atoms with E-state index in [4.69, 9.17) is 21.1 Å². The zero-order valence-corrected chi connectivity index (χ0v) is 22.4. The normalized spacial score (nSPS) is 15.9. The van der Waals surface area contributed by atoms with Gasteiger partial charge in [-0.1, -0.05) is 35.9 Å². The van der Waals surface area contributed by atoms with E-state index in [2.05, 4.69) is 9.64 Å². The minimum absolute atomic E-state index is 0.0340. The smallest absolute Gasteiger partial charge is 0.387 e. The highest BCUT2D eigenvalue weighted by Gasteiger charge is 2.30. The Morgan fingerprint density at radius 3 is 2.29 bits per heavy atom. The molecule has 11 heteroatoms. The molecule has 0 aromatic heterocycles. The van der Waals surface area contributed by atoms with E-state index in [1.54, 1.807) is 7.11 Å². The third-order valence-electron chi connectivity index (χ3n) is 6.25. The number of nitrogens with zero attached hydrogens (tertiary/aromatic N) is 2. The Kier molecular flexibility index (Phi) is 9.56. The molecule has 1 aliphatic rings. The van der Waals surface area contributed by atoms with Crippen LogP contribution in [0.4, 0.5) is 8.78 Å². The van der Waals surface area contributed by atoms with Gasteiger partial charge >= 0.3 is 6.61 Å². The summed E-state index contributed by atoms with van der Waals surface area (Å²) in [4.78, 5) is 2.19. The molecular weight excluding hydrogens is 538 g/mol. The molecule has 0 saturated carbocycles. The quantitative estimate of drug-likeness (QED) is 0.317. The lowest BCUT2D eigenvalue weighted by atomic mass is 10.1. The van der Waals surface area contributed by atoms with Gasteiger partial charge in [0.25, 0.3) is 0 Å². The van der Waals surface area contributed by atoms with Crippen molar-refractivity contribution in [2.45, 2.75) is 24.2 Å². The summed E-state index contributed by atoms with van der Waals surface area (Å²) in [5.74, 6) is 0.630. The average molecular weight is 567 g/mol. The Hall–Kier alpha value is -2.76. The fraction of sp³-hybridized carbons (Fsp3) is 0.333. The number of alkyl halides is 2. The maximum Gasteiger partial charge on any atom is 0.387 e. The second-order valence-corrected chi connectivity index (χ2v) is 11.1. The van der Waals surface area contributed by atoms with Crippen molar-refractivity contribution in [2.75, 3.05) is 39.8 Å². The molecule has 1 atom stereocenters. The van der Waals surface area contributed by atoms with Gasteiger partial charge < -0.3 is 14.2 Å². The molecule has 1 saturated heterocycles. The minimum Gasteiger partial charge on any atom is -0.497 e. The first-order valence-corrected chi connectivity index (χ1v) is 13.8. The molecule has 7 nitrogen and oxygen atoms in total. The molecule has 0 amide bonds. The van der Waals surface area contributed by atoms with Gasteiger partial charge in [0.05, 0.1) is 24.7 Å². The van der Waals surface area contributed by atoms with Crippen molar-refractivity contribution in [3.05, 3.63) is 88.9 Å². The highest BCUT2D eigenvalue weighted by atomic mass is 35.5. The Morgan fingerprint density at radius 1 is 0.921 bits per heavy atom. The van der Waals surface area contributed by atoms with Crippen LogP contribution in [0.1, 0.15) is 17.2 Å². The Bertz CT molecular complexity index is 1300. The maximum atomic E-state index is 13.1. The van der Waals surface area contributed by atoms with Gasteiger partial charge in [-0.05, 0) is 59.7 Å². The number of piperazine rings is 1. The van der Waals surface area contributed by atoms with Gasteiger partial charge in [-0.2, -0.15) is 13.1 Å². The minimum atomic E-state index is -3.77. The lowest BCUT2D eigenvalue weighted by Gasteiger charge is -2.36. The van der Waals surface area contributed by atoms with Gasteiger partial charge in [0, 0.05) is 37.7 Å². The van der Waals surface area contributed by atoms with Gasteiger partial charge in [0.2, 0.25) is 10.0 Å². The monoisotopic (exact) mass is 566 g/mol. The van der Waals surface area contributed by atoms with Crippen molar-refractivity contribution < 1.29 is 31.4 Å². The molecule has 4 rings (SSSR count). The van der Waals surface area contributed by atoms with Crippen molar-refractivity contribution in [2.24, 2.45) is 0 Å². The van der Waals surface area contributed by atoms with E-state index < -0.39 is 16.6 Å². The second kappa shape index (κ2) is 12.9. The summed E-state index contributed by atoms with van der Waals surface area (Å²) < 4.78 is 68.4. The van der Waals surface area contributed by atoms with Crippen LogP contribution in [0.3, 0.4) is 0 Å². The summed E-state index contributed by atoms with van der Waals surface area (Å²) in [5, 5.41) is 0.637. The van der Waals surface area contributed by atoms with Crippen molar-refractivity contribution in [3.63, 3.8) is 0 Å². The van der Waals surface area contributed by atoms with Crippen molar-refractivity contribution in [1.82, 2.24) is 9.21 Å². The number of methoxy groups -OCH3 is 1. The predicted octanol–water partition coefficient (Wildman–Crippen LogP) is 5.21. The highest BCUT2D eigenvalue weighted by molar-refractivity contribution is 7.89. The first-order chi connectivity index (χ1) is 18.2. The molecule has 1 aliphatic heterocycles. The number of halogens is 3. The molecule has 0 bridgehead atoms. The molecule has 0 unspecified atom stereocenters. The van der Waals surface area contributed by atoms with E-state index >= 15 is 0 Å². The summed E-state index contributed by atoms with van der Waals surface area (Å²) in [6.45, 7) is -0.461. The zero-order chi connectivity index (χ0) is 27.1. The van der Waals surface area contributed by atoms with Gasteiger partial charge in [0.1, 0.15) is 11.5 Å². The van der Waals surface area contributed by atoms with Crippen LogP contribution in [-0.2, 0) is 21.4 Å². The Morgan fingerprint density at radius 2 is 1.63 bits per heavy atom. The van der Waals surface area contributed by atoms with E-state index in [-0.39, 0.29) is 29.8 Å². The molecule has 0 N–H and O–H groups in total. The highest BCUT2D eigenvalue weighted by Crippen LogP contribution is 2.27. The fourth-order valence-corrected chi connectivity index (χ4v) is 5.88. The second-order valence-electron chi connectivity index (χ2n) is 8.76. The average Bonchev–Trinajstić information content (AvgIpc) is 2.91. The van der Waals surface area contributed by atoms with Crippen molar-refractivity contribution in [3.8, 4) is 11.5 Å². The molecule has 1 heterocycles. The van der Waals surface area contributed by atoms with Crippen LogP contribution in [-0.4, -0.2) is 64.1 Å². The van der Waals surface area contributed by atoms with E-state index in [0.717, 1.165) is 16.9 Å². The molecule has 3 aromatic carbocycles. The van der Waals surface area contributed by atoms with E-state index in [9.17, 15) is 17.2 Å². The SMILES string of the molecule is COc1cccc([C@H](CN2CCN(S(=O)(=O)c3ccc(OC(F)F)cc3)CC2)OCc2cccc(Cl)c2)c1. The first-order valence-electron chi connectivity index (χ1n) is 12.0. The summed E-state index contributed by atoms with van der Waals surface area (Å²) in [7, 11) is -2.16. The number of hydrogen-bond acceptors (Lipinski definition) is 6. The molecular formula is C27H29ClF2N2O5S. The van der Waals surface area contributed by atoms with Crippen LogP contribution in [0.25, 0.3) is 0 Å². The van der Waals surface area contributed by atoms with Gasteiger partial charge in [-0.25, -0.2) is 8.42 Å². The van der Waals surface area contributed by atoms with Crippen molar-refractivity contribution >= 4 is 21.6 Å². The predicted molar refractivity (Wildman–Crippen MR) is 140 cm³/mol. The Labute approximate surface area is 226 Å². The van der Waals surface area contributed by atoms with Crippen LogP contribution in [0.15, 0.2) is 77.7 Å². The molecule has 204 valence electrons. The topological polar surface area (TPSA) is 68.3 Å². The summed E-state index contributed by atoms with van der Waals surface area (Å²) in [6.07, 6.45) is -0.283. The van der Waals surface area contributed by atoms with Gasteiger partial charge in [-0.3, -0.25) is 4.90 Å². The van der Waals surface area contributed by atoms with Crippen LogP contribution in [0, 0.1) is 0 Å². The largest absolute Gasteiger partial charge is 0.497 e. The summed E-state index contributed by atoms with van der Waals surface area (Å²) >= 11 is 6.12. The van der Waals surface area contributed by atoms with E-state index in [1.807, 2.05) is 48.5 Å². The van der Waals surface area contributed by atoms with Crippen LogP contribution in [0.5, 0.6) is 11.5 Å². The molecule has 3 aromatic rings. The molecule has 0 spiro atoms. The third kappa shape index (κ3) is 7.42. The van der Waals surface area contributed by atoms with Gasteiger partial charge in [-0.15, -0.1) is 0 Å². The van der Waals surface area contributed by atoms with Gasteiger partial charge in [0.15, 0.2) is 0 Å². The molecule has 0 radical (unpaired) electrons. The number of rotatable bonds is 11.